The molecular weight excluding hydrogens is 346 g/mol. The summed E-state index contributed by atoms with van der Waals surface area (Å²) < 4.78 is 10.9. The second-order valence-electron chi connectivity index (χ2n) is 8.53. The van der Waals surface area contributed by atoms with Crippen LogP contribution in [0.1, 0.15) is 33.6 Å². The van der Waals surface area contributed by atoms with Crippen LogP contribution in [0.2, 0.25) is 0 Å². The van der Waals surface area contributed by atoms with Crippen molar-refractivity contribution >= 4 is 12.1 Å². The number of piperazine rings is 1. The highest BCUT2D eigenvalue weighted by molar-refractivity contribution is 5.82. The molecule has 2 saturated heterocycles. The molecule has 0 radical (unpaired) electrons. The second kappa shape index (κ2) is 9.10. The molecule has 0 spiro atoms. The van der Waals surface area contributed by atoms with E-state index >= 15 is 0 Å². The minimum atomic E-state index is -0.450. The molecule has 0 aromatic rings. The Bertz CT molecular complexity index is 528. The first-order chi connectivity index (χ1) is 12.9. The van der Waals surface area contributed by atoms with Crippen LogP contribution < -0.4 is 5.32 Å². The molecular formula is C19H35N5O3. The largest absolute Gasteiger partial charge is 0.444 e. The number of rotatable bonds is 5. The first-order valence-electron chi connectivity index (χ1n) is 10.3. The summed E-state index contributed by atoms with van der Waals surface area (Å²) in [6.45, 7) is 14.6. The Hall–Kier alpha value is -1.54. The lowest BCUT2D eigenvalue weighted by Crippen LogP contribution is -2.57. The number of ether oxygens (including phenoxy) is 2. The van der Waals surface area contributed by atoms with Gasteiger partial charge in [-0.05, 0) is 40.2 Å². The molecule has 3 aliphatic rings. The summed E-state index contributed by atoms with van der Waals surface area (Å²) >= 11 is 0. The van der Waals surface area contributed by atoms with Crippen LogP contribution in [0.3, 0.4) is 0 Å². The number of guanidine groups is 1. The third-order valence-electron chi connectivity index (χ3n) is 5.15. The summed E-state index contributed by atoms with van der Waals surface area (Å²) in [6, 6.07) is 0.266. The highest BCUT2D eigenvalue weighted by atomic mass is 16.6. The Morgan fingerprint density at radius 3 is 2.74 bits per heavy atom. The second-order valence-corrected chi connectivity index (χ2v) is 8.53. The maximum absolute atomic E-state index is 12.3. The van der Waals surface area contributed by atoms with Crippen LogP contribution >= 0.6 is 0 Å². The van der Waals surface area contributed by atoms with Gasteiger partial charge in [0.15, 0.2) is 5.96 Å². The normalized spacial score (nSPS) is 23.8. The predicted octanol–water partition coefficient (Wildman–Crippen LogP) is 0.979. The van der Waals surface area contributed by atoms with Gasteiger partial charge < -0.3 is 24.6 Å². The van der Waals surface area contributed by atoms with E-state index in [0.29, 0.717) is 13.1 Å². The molecule has 3 aliphatic heterocycles. The van der Waals surface area contributed by atoms with Gasteiger partial charge in [-0.3, -0.25) is 9.89 Å². The fraction of sp³-hybridized carbons (Fsp3) is 0.895. The molecule has 1 amide bonds. The fourth-order valence-corrected chi connectivity index (χ4v) is 3.71. The topological polar surface area (TPSA) is 69.6 Å². The molecule has 8 heteroatoms. The van der Waals surface area contributed by atoms with Crippen molar-refractivity contribution in [3.05, 3.63) is 0 Å². The van der Waals surface area contributed by atoms with E-state index in [1.54, 1.807) is 0 Å². The third kappa shape index (κ3) is 5.97. The molecule has 3 rings (SSSR count). The highest BCUT2D eigenvalue weighted by Crippen LogP contribution is 2.18. The van der Waals surface area contributed by atoms with Gasteiger partial charge in [-0.15, -0.1) is 0 Å². The molecule has 3 heterocycles. The van der Waals surface area contributed by atoms with Gasteiger partial charge in [0.2, 0.25) is 0 Å². The number of carbonyl (C=O) groups is 1. The monoisotopic (exact) mass is 381 g/mol. The average Bonchev–Trinajstić information content (AvgIpc) is 3.03. The van der Waals surface area contributed by atoms with Gasteiger partial charge in [0.25, 0.3) is 0 Å². The summed E-state index contributed by atoms with van der Waals surface area (Å²) in [7, 11) is 0. The van der Waals surface area contributed by atoms with Crippen LogP contribution in [0.4, 0.5) is 4.79 Å². The zero-order chi connectivity index (χ0) is 19.3. The van der Waals surface area contributed by atoms with Crippen LogP contribution in [-0.2, 0) is 9.47 Å². The van der Waals surface area contributed by atoms with E-state index < -0.39 is 5.60 Å². The molecule has 1 N–H and O–H groups in total. The Labute approximate surface area is 162 Å². The van der Waals surface area contributed by atoms with E-state index in [1.165, 1.54) is 6.42 Å². The number of aliphatic imine (C=N–C) groups is 1. The average molecular weight is 382 g/mol. The Balaban J connectivity index is 1.33. The van der Waals surface area contributed by atoms with Crippen molar-refractivity contribution in [2.45, 2.75) is 45.3 Å². The summed E-state index contributed by atoms with van der Waals surface area (Å²) in [5, 5.41) is 3.50. The highest BCUT2D eigenvalue weighted by Gasteiger charge is 2.36. The first kappa shape index (κ1) is 20.2. The van der Waals surface area contributed by atoms with E-state index in [4.69, 9.17) is 9.47 Å². The molecule has 1 unspecified atom stereocenters. The Morgan fingerprint density at radius 2 is 2.00 bits per heavy atom. The van der Waals surface area contributed by atoms with E-state index in [9.17, 15) is 4.79 Å². The van der Waals surface area contributed by atoms with E-state index in [0.717, 1.165) is 64.9 Å². The van der Waals surface area contributed by atoms with Crippen molar-refractivity contribution in [2.75, 3.05) is 65.6 Å². The van der Waals surface area contributed by atoms with E-state index in [2.05, 4.69) is 20.1 Å². The van der Waals surface area contributed by atoms with Crippen LogP contribution in [0, 0.1) is 0 Å². The zero-order valence-corrected chi connectivity index (χ0v) is 17.1. The number of fused-ring (bicyclic) bond motifs is 1. The summed E-state index contributed by atoms with van der Waals surface area (Å²) in [4.78, 5) is 23.5. The minimum absolute atomic E-state index is 0.216. The number of unbranched alkanes of at least 4 members (excludes halogenated alkanes) is 1. The zero-order valence-electron chi connectivity index (χ0n) is 17.1. The lowest BCUT2D eigenvalue weighted by Gasteiger charge is -2.39. The Kier molecular flexibility index (Phi) is 6.81. The minimum Gasteiger partial charge on any atom is -0.444 e. The quantitative estimate of drug-likeness (QED) is 0.716. The number of morpholine rings is 1. The Morgan fingerprint density at radius 1 is 1.22 bits per heavy atom. The molecule has 154 valence electrons. The van der Waals surface area contributed by atoms with Crippen LogP contribution in [0.5, 0.6) is 0 Å². The van der Waals surface area contributed by atoms with Crippen molar-refractivity contribution in [2.24, 2.45) is 4.99 Å². The molecule has 8 nitrogen and oxygen atoms in total. The SMILES string of the molecule is CC(C)(C)OC(=O)N1CCN2C(NCCCCN3CCOCC3)=NCC2C1. The van der Waals surface area contributed by atoms with Crippen molar-refractivity contribution in [3.63, 3.8) is 0 Å². The van der Waals surface area contributed by atoms with Gasteiger partial charge >= 0.3 is 6.09 Å². The maximum atomic E-state index is 12.3. The molecule has 0 aliphatic carbocycles. The number of carbonyl (C=O) groups excluding carboxylic acids is 1. The van der Waals surface area contributed by atoms with Gasteiger partial charge in [0, 0.05) is 39.3 Å². The molecule has 0 bridgehead atoms. The van der Waals surface area contributed by atoms with Gasteiger partial charge in [-0.1, -0.05) is 0 Å². The number of amides is 1. The van der Waals surface area contributed by atoms with Crippen molar-refractivity contribution < 1.29 is 14.3 Å². The lowest BCUT2D eigenvalue weighted by atomic mass is 10.2. The van der Waals surface area contributed by atoms with Crippen molar-refractivity contribution in [1.29, 1.82) is 0 Å². The van der Waals surface area contributed by atoms with Crippen LogP contribution in [0.25, 0.3) is 0 Å². The van der Waals surface area contributed by atoms with Gasteiger partial charge in [0.05, 0.1) is 25.8 Å². The molecule has 0 aromatic carbocycles. The number of hydrogen-bond acceptors (Lipinski definition) is 7. The van der Waals surface area contributed by atoms with Gasteiger partial charge in [-0.25, -0.2) is 4.79 Å². The van der Waals surface area contributed by atoms with Gasteiger partial charge in [0.1, 0.15) is 5.60 Å². The predicted molar refractivity (Wildman–Crippen MR) is 105 cm³/mol. The standard InChI is InChI=1S/C19H35N5O3/c1-19(2,3)27-18(25)23-8-9-24-16(15-23)14-21-17(24)20-6-4-5-7-22-10-12-26-13-11-22/h16H,4-15H2,1-3H3,(H,20,21). The fourth-order valence-electron chi connectivity index (χ4n) is 3.71. The lowest BCUT2D eigenvalue weighted by molar-refractivity contribution is 0.0137. The molecule has 27 heavy (non-hydrogen) atoms. The number of hydrogen-bond donors (Lipinski definition) is 1. The van der Waals surface area contributed by atoms with E-state index in [-0.39, 0.29) is 12.1 Å². The van der Waals surface area contributed by atoms with Crippen LogP contribution in [-0.4, -0.2) is 104 Å². The smallest absolute Gasteiger partial charge is 0.410 e. The number of nitrogens with zero attached hydrogens (tertiary/aromatic N) is 4. The summed E-state index contributed by atoms with van der Waals surface area (Å²) in [5.74, 6) is 0.996. The molecule has 0 saturated carbocycles. The first-order valence-corrected chi connectivity index (χ1v) is 10.3. The molecule has 0 aromatic heterocycles. The summed E-state index contributed by atoms with van der Waals surface area (Å²) in [6.07, 6.45) is 2.11. The third-order valence-corrected chi connectivity index (χ3v) is 5.15. The van der Waals surface area contributed by atoms with E-state index in [1.807, 2.05) is 25.7 Å². The maximum Gasteiger partial charge on any atom is 0.410 e. The molecule has 2 fully saturated rings. The van der Waals surface area contributed by atoms with Crippen molar-refractivity contribution in [3.8, 4) is 0 Å². The van der Waals surface area contributed by atoms with Crippen LogP contribution in [0.15, 0.2) is 4.99 Å². The van der Waals surface area contributed by atoms with Gasteiger partial charge in [-0.2, -0.15) is 0 Å². The number of nitrogens with one attached hydrogen (secondary N) is 1. The molecule has 1 atom stereocenters. The summed E-state index contributed by atoms with van der Waals surface area (Å²) in [5.41, 5.74) is -0.450. The van der Waals surface area contributed by atoms with Crippen molar-refractivity contribution in [1.82, 2.24) is 20.0 Å².